The molecule has 20 heavy (non-hydrogen) atoms. The van der Waals surface area contributed by atoms with Gasteiger partial charge in [-0.05, 0) is 72.0 Å². The summed E-state index contributed by atoms with van der Waals surface area (Å²) >= 11 is 0. The molecule has 4 aliphatic carbocycles. The summed E-state index contributed by atoms with van der Waals surface area (Å²) in [5.74, 6) is 0.995. The fourth-order valence-corrected chi connectivity index (χ4v) is 6.85. The average molecular weight is 294 g/mol. The van der Waals surface area contributed by atoms with Crippen molar-refractivity contribution >= 4 is 12.4 Å². The molecule has 5 rings (SSSR count). The Kier molecular flexibility index (Phi) is 2.23. The minimum absolute atomic E-state index is 0. The smallest absolute Gasteiger partial charge is 0.126 e. The van der Waals surface area contributed by atoms with Crippen LogP contribution in [-0.4, -0.2) is 5.54 Å². The number of hydrogen-bond donors (Lipinski definition) is 1. The lowest BCUT2D eigenvalue weighted by Crippen LogP contribution is -2.45. The number of fused-ring (bicyclic) bond motifs is 5. The van der Waals surface area contributed by atoms with Crippen molar-refractivity contribution in [3.8, 4) is 0 Å². The van der Waals surface area contributed by atoms with Crippen LogP contribution in [-0.2, 0) is 0 Å². The summed E-state index contributed by atoms with van der Waals surface area (Å²) in [7, 11) is 0. The molecule has 0 aliphatic heterocycles. The van der Waals surface area contributed by atoms with Gasteiger partial charge in [0.2, 0.25) is 0 Å². The molecule has 0 radical (unpaired) electrons. The minimum atomic E-state index is 0. The van der Waals surface area contributed by atoms with Gasteiger partial charge in [-0.1, -0.05) is 19.1 Å². The molecule has 0 heterocycles. The normalized spacial score (nSPS) is 50.0. The Bertz CT molecular complexity index is 613. The lowest BCUT2D eigenvalue weighted by Gasteiger charge is -2.41. The summed E-state index contributed by atoms with van der Waals surface area (Å²) in [6.45, 7) is 2.39. The molecule has 0 saturated heterocycles. The van der Waals surface area contributed by atoms with Gasteiger partial charge in [0.15, 0.2) is 0 Å². The molecule has 4 aliphatic rings. The number of hydrogen-bond acceptors (Lipinski definition) is 1. The second-order valence-corrected chi connectivity index (χ2v) is 8.19. The lowest BCUT2D eigenvalue weighted by atomic mass is 9.66. The van der Waals surface area contributed by atoms with Crippen molar-refractivity contribution in [3.05, 3.63) is 35.1 Å². The van der Waals surface area contributed by atoms with Crippen molar-refractivity contribution in [2.45, 2.75) is 56.4 Å². The van der Waals surface area contributed by atoms with Crippen molar-refractivity contribution in [1.82, 2.24) is 0 Å². The zero-order chi connectivity index (χ0) is 13.0. The van der Waals surface area contributed by atoms with Crippen LogP contribution in [0.25, 0.3) is 0 Å². The first kappa shape index (κ1) is 13.1. The van der Waals surface area contributed by atoms with Crippen LogP contribution in [0.4, 0.5) is 4.39 Å². The van der Waals surface area contributed by atoms with E-state index in [1.807, 2.05) is 6.07 Å². The third kappa shape index (κ3) is 1.24. The van der Waals surface area contributed by atoms with E-state index >= 15 is 0 Å². The molecule has 1 spiro atoms. The second kappa shape index (κ2) is 3.41. The Balaban J connectivity index is 0.00000106. The first-order valence-corrected chi connectivity index (χ1v) is 7.52. The van der Waals surface area contributed by atoms with Crippen molar-refractivity contribution in [2.75, 3.05) is 0 Å². The molecule has 108 valence electrons. The fourth-order valence-electron chi connectivity index (χ4n) is 6.85. The van der Waals surface area contributed by atoms with Crippen LogP contribution < -0.4 is 5.73 Å². The predicted octanol–water partition coefficient (Wildman–Crippen LogP) is 4.11. The third-order valence-electron chi connectivity index (χ3n) is 6.72. The summed E-state index contributed by atoms with van der Waals surface area (Å²) in [6, 6.07) is 5.70. The Morgan fingerprint density at radius 2 is 1.95 bits per heavy atom. The van der Waals surface area contributed by atoms with Crippen LogP contribution in [0.15, 0.2) is 18.2 Å². The molecule has 5 unspecified atom stereocenters. The third-order valence-corrected chi connectivity index (χ3v) is 6.72. The molecular weight excluding hydrogens is 273 g/mol. The summed E-state index contributed by atoms with van der Waals surface area (Å²) in [6.07, 6.45) is 5.76. The van der Waals surface area contributed by atoms with E-state index in [4.69, 9.17) is 5.73 Å². The van der Waals surface area contributed by atoms with Crippen LogP contribution >= 0.6 is 12.4 Å². The summed E-state index contributed by atoms with van der Waals surface area (Å²) in [5, 5.41) is 0. The van der Waals surface area contributed by atoms with Gasteiger partial charge in [-0.15, -0.1) is 12.4 Å². The number of halogens is 2. The minimum Gasteiger partial charge on any atom is -0.325 e. The van der Waals surface area contributed by atoms with Gasteiger partial charge in [0.1, 0.15) is 5.82 Å². The van der Waals surface area contributed by atoms with Crippen molar-refractivity contribution in [2.24, 2.45) is 16.6 Å². The molecule has 0 aromatic heterocycles. The Morgan fingerprint density at radius 3 is 2.75 bits per heavy atom. The first-order valence-electron chi connectivity index (χ1n) is 7.52. The van der Waals surface area contributed by atoms with E-state index in [9.17, 15) is 4.39 Å². The highest BCUT2D eigenvalue weighted by Gasteiger charge is 2.71. The highest BCUT2D eigenvalue weighted by atomic mass is 35.5. The Hall–Kier alpha value is -0.600. The van der Waals surface area contributed by atoms with E-state index in [1.165, 1.54) is 12.0 Å². The SMILES string of the molecule is CC12CC3c4c(F)cccc4C4CC(N)(C1)CC43C2.Cl. The molecule has 3 fully saturated rings. The van der Waals surface area contributed by atoms with Gasteiger partial charge in [-0.3, -0.25) is 0 Å². The van der Waals surface area contributed by atoms with Gasteiger partial charge in [0, 0.05) is 5.54 Å². The van der Waals surface area contributed by atoms with E-state index in [0.29, 0.717) is 22.7 Å². The fraction of sp³-hybridized carbons (Fsp3) is 0.647. The molecule has 1 aromatic rings. The Morgan fingerprint density at radius 1 is 1.15 bits per heavy atom. The van der Waals surface area contributed by atoms with E-state index in [0.717, 1.165) is 31.2 Å². The average Bonchev–Trinajstić information content (AvgIpc) is 2.76. The van der Waals surface area contributed by atoms with Crippen LogP contribution in [0.2, 0.25) is 0 Å². The Labute approximate surface area is 125 Å². The molecule has 3 bridgehead atoms. The maximum Gasteiger partial charge on any atom is 0.126 e. The number of benzene rings is 1. The monoisotopic (exact) mass is 293 g/mol. The molecule has 2 N–H and O–H groups in total. The van der Waals surface area contributed by atoms with E-state index in [2.05, 4.69) is 13.0 Å². The van der Waals surface area contributed by atoms with Gasteiger partial charge in [0.05, 0.1) is 0 Å². The van der Waals surface area contributed by atoms with Crippen molar-refractivity contribution in [3.63, 3.8) is 0 Å². The summed E-state index contributed by atoms with van der Waals surface area (Å²) < 4.78 is 14.4. The van der Waals surface area contributed by atoms with Gasteiger partial charge < -0.3 is 5.73 Å². The molecule has 5 atom stereocenters. The van der Waals surface area contributed by atoms with Crippen LogP contribution in [0.5, 0.6) is 0 Å². The van der Waals surface area contributed by atoms with Crippen molar-refractivity contribution in [1.29, 1.82) is 0 Å². The largest absolute Gasteiger partial charge is 0.325 e. The maximum atomic E-state index is 14.4. The molecule has 1 aromatic carbocycles. The molecule has 3 saturated carbocycles. The quantitative estimate of drug-likeness (QED) is 0.765. The molecule has 0 amide bonds. The van der Waals surface area contributed by atoms with Gasteiger partial charge in [-0.25, -0.2) is 4.39 Å². The van der Waals surface area contributed by atoms with Gasteiger partial charge >= 0.3 is 0 Å². The van der Waals surface area contributed by atoms with Crippen molar-refractivity contribution < 1.29 is 4.39 Å². The molecular formula is C17H21ClFN. The van der Waals surface area contributed by atoms with Gasteiger partial charge in [-0.2, -0.15) is 0 Å². The molecule has 1 nitrogen and oxygen atoms in total. The molecule has 3 heteroatoms. The highest BCUT2D eigenvalue weighted by Crippen LogP contribution is 2.79. The second-order valence-electron chi connectivity index (χ2n) is 8.19. The van der Waals surface area contributed by atoms with Crippen LogP contribution in [0, 0.1) is 16.6 Å². The summed E-state index contributed by atoms with van der Waals surface area (Å²) in [4.78, 5) is 0. The van der Waals surface area contributed by atoms with Crippen LogP contribution in [0.3, 0.4) is 0 Å². The predicted molar refractivity (Wildman–Crippen MR) is 79.7 cm³/mol. The maximum absolute atomic E-state index is 14.4. The number of rotatable bonds is 0. The lowest BCUT2D eigenvalue weighted by molar-refractivity contribution is 0.133. The first-order chi connectivity index (χ1) is 8.95. The number of nitrogens with two attached hydrogens (primary N) is 1. The van der Waals surface area contributed by atoms with E-state index in [-0.39, 0.29) is 23.8 Å². The van der Waals surface area contributed by atoms with Crippen LogP contribution in [0.1, 0.15) is 62.0 Å². The highest BCUT2D eigenvalue weighted by molar-refractivity contribution is 5.85. The topological polar surface area (TPSA) is 26.0 Å². The van der Waals surface area contributed by atoms with Gasteiger partial charge in [0.25, 0.3) is 0 Å². The standard InChI is InChI=1S/C17H20FN.ClH/c1-15-5-12-14-10(3-2-4-13(14)18)11-6-16(19,7-15)9-17(11,12)8-15;/h2-4,11-12H,5-9,19H2,1H3;1H. The zero-order valence-corrected chi connectivity index (χ0v) is 12.6. The summed E-state index contributed by atoms with van der Waals surface area (Å²) in [5.41, 5.74) is 9.71. The van der Waals surface area contributed by atoms with E-state index in [1.54, 1.807) is 6.07 Å². The van der Waals surface area contributed by atoms with E-state index < -0.39 is 0 Å². The zero-order valence-electron chi connectivity index (χ0n) is 11.8.